The van der Waals surface area contributed by atoms with E-state index in [1.165, 1.54) is 6.42 Å². The van der Waals surface area contributed by atoms with Gasteiger partial charge in [-0.05, 0) is 31.5 Å². The molecule has 4 heterocycles. The number of nitrogens with one attached hydrogen (secondary N) is 1. The number of fused-ring (bicyclic) bond motifs is 1. The topological polar surface area (TPSA) is 49.6 Å². The van der Waals surface area contributed by atoms with Crippen LogP contribution in [0.1, 0.15) is 23.2 Å². The fourth-order valence-corrected chi connectivity index (χ4v) is 3.52. The lowest BCUT2D eigenvalue weighted by Crippen LogP contribution is -2.33. The molecule has 0 radical (unpaired) electrons. The van der Waals surface area contributed by atoms with Gasteiger partial charge in [0.2, 0.25) is 0 Å². The maximum atomic E-state index is 12.7. The highest BCUT2D eigenvalue weighted by molar-refractivity contribution is 6.00. The van der Waals surface area contributed by atoms with Gasteiger partial charge in [0.15, 0.2) is 0 Å². The molecule has 2 saturated heterocycles. The highest BCUT2D eigenvalue weighted by atomic mass is 16.2. The summed E-state index contributed by atoms with van der Waals surface area (Å²) in [6.07, 6.45) is 5.87. The molecule has 4 rings (SSSR count). The van der Waals surface area contributed by atoms with Crippen molar-refractivity contribution in [2.45, 2.75) is 12.8 Å². The number of hydrogen-bond acceptors (Lipinski definition) is 3. The minimum atomic E-state index is 0.120. The van der Waals surface area contributed by atoms with E-state index in [-0.39, 0.29) is 5.91 Å². The van der Waals surface area contributed by atoms with Crippen LogP contribution in [0, 0.1) is 5.41 Å². The van der Waals surface area contributed by atoms with E-state index in [1.807, 2.05) is 29.3 Å². The second-order valence-electron chi connectivity index (χ2n) is 5.99. The molecule has 0 saturated carbocycles. The molecule has 1 N–H and O–H groups in total. The average Bonchev–Trinajstić information content (AvgIpc) is 3.20. The van der Waals surface area contributed by atoms with E-state index in [0.29, 0.717) is 11.0 Å². The lowest BCUT2D eigenvalue weighted by Gasteiger charge is -2.22. The van der Waals surface area contributed by atoms with Crippen molar-refractivity contribution in [1.82, 2.24) is 19.8 Å². The standard InChI is InChI=1S/C15H18N4O/c20-14(12-9-17-19-7-2-1-3-13(12)19)18-8-5-15(11-18)4-6-16-10-15/h1-3,7,9,16H,4-6,8,10-11H2. The first-order chi connectivity index (χ1) is 9.77. The molecular weight excluding hydrogens is 252 g/mol. The molecule has 2 aromatic heterocycles. The lowest BCUT2D eigenvalue weighted by molar-refractivity contribution is 0.0777. The number of likely N-dealkylation sites (tertiary alicyclic amines) is 1. The molecule has 20 heavy (non-hydrogen) atoms. The third-order valence-electron chi connectivity index (χ3n) is 4.71. The lowest BCUT2D eigenvalue weighted by atomic mass is 9.86. The van der Waals surface area contributed by atoms with Gasteiger partial charge < -0.3 is 10.2 Å². The normalized spacial score (nSPS) is 25.9. The Kier molecular flexibility index (Phi) is 2.57. The van der Waals surface area contributed by atoms with E-state index < -0.39 is 0 Å². The molecule has 2 fully saturated rings. The molecule has 2 aliphatic heterocycles. The highest BCUT2D eigenvalue weighted by Crippen LogP contribution is 2.36. The van der Waals surface area contributed by atoms with Crippen molar-refractivity contribution < 1.29 is 4.79 Å². The Bertz CT molecular complexity index is 657. The first-order valence-corrected chi connectivity index (χ1v) is 7.20. The van der Waals surface area contributed by atoms with Crippen LogP contribution >= 0.6 is 0 Å². The summed E-state index contributed by atoms with van der Waals surface area (Å²) >= 11 is 0. The van der Waals surface area contributed by atoms with E-state index in [1.54, 1.807) is 10.7 Å². The Hall–Kier alpha value is -1.88. The van der Waals surface area contributed by atoms with Gasteiger partial charge >= 0.3 is 0 Å². The largest absolute Gasteiger partial charge is 0.338 e. The summed E-state index contributed by atoms with van der Waals surface area (Å²) in [7, 11) is 0. The van der Waals surface area contributed by atoms with Crippen molar-refractivity contribution in [3.63, 3.8) is 0 Å². The molecule has 104 valence electrons. The zero-order valence-electron chi connectivity index (χ0n) is 11.4. The van der Waals surface area contributed by atoms with Gasteiger partial charge in [-0.25, -0.2) is 4.52 Å². The maximum absolute atomic E-state index is 12.7. The third kappa shape index (κ3) is 1.73. The fraction of sp³-hybridized carbons (Fsp3) is 0.467. The van der Waals surface area contributed by atoms with Gasteiger partial charge in [0, 0.05) is 31.2 Å². The smallest absolute Gasteiger partial charge is 0.257 e. The third-order valence-corrected chi connectivity index (χ3v) is 4.71. The Labute approximate surface area is 117 Å². The first-order valence-electron chi connectivity index (χ1n) is 7.20. The van der Waals surface area contributed by atoms with Gasteiger partial charge in [-0.15, -0.1) is 0 Å². The molecule has 2 aliphatic rings. The van der Waals surface area contributed by atoms with Crippen molar-refractivity contribution in [3.05, 3.63) is 36.2 Å². The summed E-state index contributed by atoms with van der Waals surface area (Å²) in [5.74, 6) is 0.120. The van der Waals surface area contributed by atoms with Crippen LogP contribution in [0.4, 0.5) is 0 Å². The van der Waals surface area contributed by atoms with Crippen LogP contribution < -0.4 is 5.32 Å². The first kappa shape index (κ1) is 11.9. The van der Waals surface area contributed by atoms with Gasteiger partial charge in [0.05, 0.1) is 17.3 Å². The number of carbonyl (C=O) groups excluding carboxylic acids is 1. The Balaban J connectivity index is 1.62. The van der Waals surface area contributed by atoms with Crippen molar-refractivity contribution in [1.29, 1.82) is 0 Å². The summed E-state index contributed by atoms with van der Waals surface area (Å²) in [6.45, 7) is 3.87. The predicted octanol–water partition coefficient (Wildman–Crippen LogP) is 1.16. The summed E-state index contributed by atoms with van der Waals surface area (Å²) < 4.78 is 1.76. The van der Waals surface area contributed by atoms with Crippen molar-refractivity contribution in [3.8, 4) is 0 Å². The number of amides is 1. The van der Waals surface area contributed by atoms with Gasteiger partial charge in [-0.1, -0.05) is 6.07 Å². The zero-order valence-corrected chi connectivity index (χ0v) is 11.4. The quantitative estimate of drug-likeness (QED) is 0.846. The number of carbonyl (C=O) groups is 1. The Morgan fingerprint density at radius 1 is 1.35 bits per heavy atom. The zero-order chi connectivity index (χ0) is 13.6. The highest BCUT2D eigenvalue weighted by Gasteiger charge is 2.42. The second-order valence-corrected chi connectivity index (χ2v) is 5.99. The minimum Gasteiger partial charge on any atom is -0.338 e. The van der Waals surface area contributed by atoms with Crippen molar-refractivity contribution in [2.75, 3.05) is 26.2 Å². The van der Waals surface area contributed by atoms with Gasteiger partial charge in [0.25, 0.3) is 5.91 Å². The predicted molar refractivity (Wildman–Crippen MR) is 75.6 cm³/mol. The van der Waals surface area contributed by atoms with E-state index in [9.17, 15) is 4.79 Å². The number of nitrogens with zero attached hydrogens (tertiary/aromatic N) is 3. The molecule has 0 aromatic carbocycles. The SMILES string of the molecule is O=C(c1cnn2ccccc12)N1CCC2(CCNC2)C1. The molecule has 1 spiro atoms. The number of aromatic nitrogens is 2. The minimum absolute atomic E-state index is 0.120. The maximum Gasteiger partial charge on any atom is 0.257 e. The number of hydrogen-bond donors (Lipinski definition) is 1. The monoisotopic (exact) mass is 270 g/mol. The molecular formula is C15H18N4O. The van der Waals surface area contributed by atoms with Crippen LogP contribution in [0.25, 0.3) is 5.52 Å². The van der Waals surface area contributed by atoms with Crippen LogP contribution in [-0.2, 0) is 0 Å². The second kappa shape index (κ2) is 4.31. The van der Waals surface area contributed by atoms with E-state index in [4.69, 9.17) is 0 Å². The molecule has 0 bridgehead atoms. The van der Waals surface area contributed by atoms with Crippen molar-refractivity contribution in [2.24, 2.45) is 5.41 Å². The molecule has 5 nitrogen and oxygen atoms in total. The Morgan fingerprint density at radius 2 is 2.30 bits per heavy atom. The molecule has 2 aromatic rings. The number of rotatable bonds is 1. The van der Waals surface area contributed by atoms with Crippen molar-refractivity contribution >= 4 is 11.4 Å². The molecule has 1 atom stereocenters. The van der Waals surface area contributed by atoms with Crippen LogP contribution in [0.15, 0.2) is 30.6 Å². The summed E-state index contributed by atoms with van der Waals surface area (Å²) in [5.41, 5.74) is 1.93. The van der Waals surface area contributed by atoms with Crippen LogP contribution in [-0.4, -0.2) is 46.6 Å². The summed E-state index contributed by atoms with van der Waals surface area (Å²) in [6, 6.07) is 5.81. The van der Waals surface area contributed by atoms with Gasteiger partial charge in [0.1, 0.15) is 0 Å². The van der Waals surface area contributed by atoms with Gasteiger partial charge in [-0.2, -0.15) is 5.10 Å². The van der Waals surface area contributed by atoms with Crippen LogP contribution in [0.2, 0.25) is 0 Å². The van der Waals surface area contributed by atoms with E-state index in [0.717, 1.165) is 38.1 Å². The molecule has 1 unspecified atom stereocenters. The van der Waals surface area contributed by atoms with E-state index in [2.05, 4.69) is 10.4 Å². The molecule has 5 heteroatoms. The average molecular weight is 270 g/mol. The summed E-state index contributed by atoms with van der Waals surface area (Å²) in [5, 5.41) is 7.68. The Morgan fingerprint density at radius 3 is 3.15 bits per heavy atom. The van der Waals surface area contributed by atoms with E-state index >= 15 is 0 Å². The molecule has 1 amide bonds. The van der Waals surface area contributed by atoms with Crippen LogP contribution in [0.5, 0.6) is 0 Å². The fourth-order valence-electron chi connectivity index (χ4n) is 3.52. The number of pyridine rings is 1. The van der Waals surface area contributed by atoms with Gasteiger partial charge in [-0.3, -0.25) is 4.79 Å². The summed E-state index contributed by atoms with van der Waals surface area (Å²) in [4.78, 5) is 14.7. The van der Waals surface area contributed by atoms with Crippen LogP contribution in [0.3, 0.4) is 0 Å². The molecule has 0 aliphatic carbocycles.